The van der Waals surface area contributed by atoms with E-state index in [0.29, 0.717) is 5.56 Å². The molecule has 0 heterocycles. The Morgan fingerprint density at radius 1 is 1.42 bits per heavy atom. The number of carboxylic acids is 1. The van der Waals surface area contributed by atoms with Gasteiger partial charge < -0.3 is 14.9 Å². The summed E-state index contributed by atoms with van der Waals surface area (Å²) in [6.07, 6.45) is -1.78. The first-order valence-electron chi connectivity index (χ1n) is 7.26. The smallest absolute Gasteiger partial charge is 0.342 e. The van der Waals surface area contributed by atoms with Crippen molar-refractivity contribution in [2.24, 2.45) is 17.0 Å². The van der Waals surface area contributed by atoms with Crippen LogP contribution in [0.25, 0.3) is 10.4 Å². The maximum absolute atomic E-state index is 14.5. The van der Waals surface area contributed by atoms with E-state index in [9.17, 15) is 19.1 Å². The largest absolute Gasteiger partial charge is 0.479 e. The number of hydrogen-bond donors (Lipinski definition) is 2. The van der Waals surface area contributed by atoms with Crippen LogP contribution in [0, 0.1) is 11.8 Å². The fraction of sp³-hybridized carbons (Fsp3) is 0.467. The summed E-state index contributed by atoms with van der Waals surface area (Å²) in [6, 6.07) is 8.60. The summed E-state index contributed by atoms with van der Waals surface area (Å²) < 4.78 is 19.6. The molecule has 24 heavy (non-hydrogen) atoms. The van der Waals surface area contributed by atoms with E-state index in [1.807, 2.05) is 0 Å². The van der Waals surface area contributed by atoms with Gasteiger partial charge in [-0.2, -0.15) is 0 Å². The van der Waals surface area contributed by atoms with Gasteiger partial charge in [-0.1, -0.05) is 35.4 Å². The maximum Gasteiger partial charge on any atom is 0.342 e. The molecule has 0 spiro atoms. The number of esters is 1. The Bertz CT molecular complexity index is 738. The first kappa shape index (κ1) is 16.2. The average molecular weight is 335 g/mol. The zero-order valence-electron chi connectivity index (χ0n) is 12.4. The monoisotopic (exact) mass is 335 g/mol. The third-order valence-electron chi connectivity index (χ3n) is 4.82. The Morgan fingerprint density at radius 3 is 2.67 bits per heavy atom. The number of hydrogen-bond acceptors (Lipinski definition) is 5. The molecule has 0 amide bonds. The molecule has 2 aliphatic carbocycles. The molecule has 0 saturated heterocycles. The minimum atomic E-state index is -2.70. The number of carbonyl (C=O) groups is 2. The standard InChI is InChI=1S/C15H14FN3O5/c16-14(12(21)22)9-6-10(20)15(11(9)14,18-19-17)13(23)24-7-8-4-2-1-3-5-8/h1-5,9-11,20H,6-7H2,(H,21,22)/t9-,10-,11+,14-,15?/m1/s1. The Hall–Kier alpha value is -2.64. The number of rotatable bonds is 5. The van der Waals surface area contributed by atoms with Crippen molar-refractivity contribution in [3.8, 4) is 0 Å². The second kappa shape index (κ2) is 5.47. The van der Waals surface area contributed by atoms with Crippen LogP contribution in [-0.4, -0.2) is 39.5 Å². The Morgan fingerprint density at radius 2 is 2.08 bits per heavy atom. The summed E-state index contributed by atoms with van der Waals surface area (Å²) in [5, 5.41) is 22.5. The van der Waals surface area contributed by atoms with Crippen LogP contribution in [0.5, 0.6) is 0 Å². The zero-order valence-corrected chi connectivity index (χ0v) is 12.4. The Labute approximate surface area is 135 Å². The van der Waals surface area contributed by atoms with Gasteiger partial charge in [-0.3, -0.25) is 4.79 Å². The lowest BCUT2D eigenvalue weighted by atomic mass is 9.88. The van der Waals surface area contributed by atoms with Crippen molar-refractivity contribution in [3.63, 3.8) is 0 Å². The average Bonchev–Trinajstić information content (AvgIpc) is 3.03. The van der Waals surface area contributed by atoms with E-state index in [-0.39, 0.29) is 13.0 Å². The molecule has 126 valence electrons. The minimum absolute atomic E-state index is 0.168. The van der Waals surface area contributed by atoms with Crippen molar-refractivity contribution in [3.05, 3.63) is 46.3 Å². The molecule has 2 aliphatic rings. The van der Waals surface area contributed by atoms with Crippen molar-refractivity contribution in [2.75, 3.05) is 0 Å². The molecule has 0 aliphatic heterocycles. The predicted molar refractivity (Wildman–Crippen MR) is 77.2 cm³/mol. The molecule has 1 unspecified atom stereocenters. The molecule has 0 bridgehead atoms. The lowest BCUT2D eigenvalue weighted by Gasteiger charge is -2.29. The number of carbonyl (C=O) groups excluding carboxylic acids is 1. The fourth-order valence-corrected chi connectivity index (χ4v) is 3.62. The number of azide groups is 1. The van der Waals surface area contributed by atoms with E-state index in [1.54, 1.807) is 30.3 Å². The third-order valence-corrected chi connectivity index (χ3v) is 4.82. The summed E-state index contributed by atoms with van der Waals surface area (Å²) in [7, 11) is 0. The highest BCUT2D eigenvalue weighted by Crippen LogP contribution is 2.68. The van der Waals surface area contributed by atoms with E-state index in [1.165, 1.54) is 0 Å². The first-order chi connectivity index (χ1) is 11.4. The van der Waals surface area contributed by atoms with Crippen molar-refractivity contribution >= 4 is 11.9 Å². The molecule has 0 radical (unpaired) electrons. The highest BCUT2D eigenvalue weighted by molar-refractivity contribution is 5.91. The molecular formula is C15H14FN3O5. The van der Waals surface area contributed by atoms with Gasteiger partial charge in [0, 0.05) is 16.7 Å². The SMILES string of the molecule is [N-]=[N+]=NC1(C(=O)OCc2ccccc2)[C@H](O)C[C@@H]2[C@H]1[C@@]2(F)C(=O)O. The first-order valence-corrected chi connectivity index (χ1v) is 7.26. The normalized spacial score (nSPS) is 36.3. The van der Waals surface area contributed by atoms with Gasteiger partial charge in [-0.15, -0.1) is 0 Å². The van der Waals surface area contributed by atoms with E-state index in [0.717, 1.165) is 0 Å². The minimum Gasteiger partial charge on any atom is -0.479 e. The highest BCUT2D eigenvalue weighted by atomic mass is 19.1. The molecule has 5 atom stereocenters. The fourth-order valence-electron chi connectivity index (χ4n) is 3.62. The Kier molecular flexibility index (Phi) is 3.70. The van der Waals surface area contributed by atoms with Crippen LogP contribution in [0.2, 0.25) is 0 Å². The molecule has 1 aromatic carbocycles. The van der Waals surface area contributed by atoms with Crippen LogP contribution >= 0.6 is 0 Å². The van der Waals surface area contributed by atoms with E-state index in [4.69, 9.17) is 15.4 Å². The van der Waals surface area contributed by atoms with Crippen LogP contribution in [0.3, 0.4) is 0 Å². The van der Waals surface area contributed by atoms with E-state index in [2.05, 4.69) is 10.0 Å². The summed E-state index contributed by atoms with van der Waals surface area (Å²) in [6.45, 7) is -0.168. The summed E-state index contributed by atoms with van der Waals surface area (Å²) in [4.78, 5) is 26.2. The topological polar surface area (TPSA) is 133 Å². The number of ether oxygens (including phenoxy) is 1. The Balaban J connectivity index is 1.87. The van der Waals surface area contributed by atoms with Crippen molar-refractivity contribution in [1.82, 2.24) is 0 Å². The van der Waals surface area contributed by atoms with Gasteiger partial charge in [-0.05, 0) is 17.5 Å². The van der Waals surface area contributed by atoms with Gasteiger partial charge in [0.05, 0.1) is 6.10 Å². The number of halogens is 1. The van der Waals surface area contributed by atoms with Crippen molar-refractivity contribution < 1.29 is 28.9 Å². The van der Waals surface area contributed by atoms with Crippen molar-refractivity contribution in [1.29, 1.82) is 0 Å². The lowest BCUT2D eigenvalue weighted by Crippen LogP contribution is -2.51. The molecule has 3 rings (SSSR count). The number of aliphatic carboxylic acids is 1. The molecule has 9 heteroatoms. The zero-order chi connectivity index (χ0) is 17.5. The number of carboxylic acid groups (broad SMARTS) is 1. The highest BCUT2D eigenvalue weighted by Gasteiger charge is 2.85. The van der Waals surface area contributed by atoms with Gasteiger partial charge >= 0.3 is 11.9 Å². The molecule has 2 fully saturated rings. The van der Waals surface area contributed by atoms with Crippen LogP contribution in [0.1, 0.15) is 12.0 Å². The molecule has 0 aromatic heterocycles. The summed E-state index contributed by atoms with van der Waals surface area (Å²) >= 11 is 0. The lowest BCUT2D eigenvalue weighted by molar-refractivity contribution is -0.159. The van der Waals surface area contributed by atoms with Gasteiger partial charge in [0.1, 0.15) is 6.61 Å². The van der Waals surface area contributed by atoms with E-state index < -0.39 is 41.1 Å². The maximum atomic E-state index is 14.5. The summed E-state index contributed by atoms with van der Waals surface area (Å²) in [5.41, 5.74) is 4.45. The number of alkyl halides is 1. The van der Waals surface area contributed by atoms with E-state index >= 15 is 0 Å². The molecule has 8 nitrogen and oxygen atoms in total. The third kappa shape index (κ3) is 2.05. The van der Waals surface area contributed by atoms with Crippen LogP contribution in [0.15, 0.2) is 35.4 Å². The van der Waals surface area contributed by atoms with Crippen LogP contribution in [0.4, 0.5) is 4.39 Å². The van der Waals surface area contributed by atoms with Gasteiger partial charge in [0.15, 0.2) is 5.54 Å². The molecule has 2 N–H and O–H groups in total. The van der Waals surface area contributed by atoms with Gasteiger partial charge in [0.25, 0.3) is 0 Å². The number of fused-ring (bicyclic) bond motifs is 1. The van der Waals surface area contributed by atoms with Crippen molar-refractivity contribution in [2.45, 2.75) is 30.3 Å². The second-order valence-corrected chi connectivity index (χ2v) is 5.99. The quantitative estimate of drug-likeness (QED) is 0.365. The van der Waals surface area contributed by atoms with Gasteiger partial charge in [0.2, 0.25) is 5.67 Å². The number of nitrogens with zero attached hydrogens (tertiary/aromatic N) is 3. The molecule has 2 saturated carbocycles. The van der Waals surface area contributed by atoms with Gasteiger partial charge in [-0.25, -0.2) is 9.18 Å². The van der Waals surface area contributed by atoms with Crippen LogP contribution in [-0.2, 0) is 20.9 Å². The molecule has 1 aromatic rings. The molecular weight excluding hydrogens is 321 g/mol. The number of benzene rings is 1. The summed E-state index contributed by atoms with van der Waals surface area (Å²) in [5.74, 6) is -5.38. The number of aliphatic hydroxyl groups excluding tert-OH is 1. The predicted octanol–water partition coefficient (Wildman–Crippen LogP) is 1.58. The number of aliphatic hydroxyl groups is 1. The second-order valence-electron chi connectivity index (χ2n) is 5.99. The van der Waals surface area contributed by atoms with Crippen LogP contribution < -0.4 is 0 Å².